The summed E-state index contributed by atoms with van der Waals surface area (Å²) in [7, 11) is 0. The molecule has 0 aromatic heterocycles. The molecule has 1 rings (SSSR count). The predicted octanol–water partition coefficient (Wildman–Crippen LogP) is 2.02. The van der Waals surface area contributed by atoms with E-state index in [0.717, 1.165) is 19.5 Å². The molecule has 0 heterocycles. The first-order valence-corrected chi connectivity index (χ1v) is 7.42. The molecule has 0 aromatic carbocycles. The number of oxime groups is 1. The molecule has 1 aliphatic rings. The second-order valence-corrected chi connectivity index (χ2v) is 6.81. The quantitative estimate of drug-likeness (QED) is 0.215. The fraction of sp³-hybridized carbons (Fsp3) is 0.917. The van der Waals surface area contributed by atoms with Gasteiger partial charge in [-0.05, 0) is 32.1 Å². The van der Waals surface area contributed by atoms with E-state index in [1.807, 2.05) is 25.6 Å². The maximum atomic E-state index is 8.68. The van der Waals surface area contributed by atoms with Crippen LogP contribution in [0.1, 0.15) is 39.5 Å². The van der Waals surface area contributed by atoms with E-state index in [1.165, 1.54) is 19.3 Å². The number of nitrogens with one attached hydrogen (secondary N) is 1. The minimum atomic E-state index is -0.242. The lowest BCUT2D eigenvalue weighted by atomic mass is 9.84. The smallest absolute Gasteiger partial charge is 0.144 e. The van der Waals surface area contributed by atoms with Gasteiger partial charge in [0.1, 0.15) is 5.84 Å². The van der Waals surface area contributed by atoms with Gasteiger partial charge in [-0.3, -0.25) is 0 Å². The molecule has 4 nitrogen and oxygen atoms in total. The van der Waals surface area contributed by atoms with Crippen molar-refractivity contribution >= 4 is 17.6 Å². The Hall–Kier alpha value is -0.420. The number of amidine groups is 1. The van der Waals surface area contributed by atoms with Gasteiger partial charge in [0.2, 0.25) is 0 Å². The highest BCUT2D eigenvalue weighted by Crippen LogP contribution is 2.42. The minimum absolute atomic E-state index is 0.242. The van der Waals surface area contributed by atoms with Crippen molar-refractivity contribution in [3.8, 4) is 0 Å². The van der Waals surface area contributed by atoms with E-state index in [0.29, 0.717) is 10.6 Å². The second-order valence-electron chi connectivity index (χ2n) is 5.54. The molecule has 1 fully saturated rings. The lowest BCUT2D eigenvalue weighted by Gasteiger charge is -2.40. The van der Waals surface area contributed by atoms with Gasteiger partial charge in [-0.25, -0.2) is 0 Å². The number of hydrogen-bond acceptors (Lipinski definition) is 4. The third kappa shape index (κ3) is 3.78. The summed E-state index contributed by atoms with van der Waals surface area (Å²) in [5, 5.41) is 15.3. The van der Waals surface area contributed by atoms with E-state index < -0.39 is 0 Å². The molecule has 1 aliphatic carbocycles. The maximum absolute atomic E-state index is 8.68. The Bertz CT molecular complexity index is 269. The molecule has 0 amide bonds. The molecule has 5 heteroatoms. The molecule has 100 valence electrons. The fourth-order valence-electron chi connectivity index (χ4n) is 2.00. The maximum Gasteiger partial charge on any atom is 0.144 e. The third-order valence-electron chi connectivity index (χ3n) is 3.87. The standard InChI is InChI=1S/C12H25N3OS/c1-11(2,10(13)15-16)7-8-14-9-12(17-3)5-4-6-12/h14,16H,4-9H2,1-3H3,(H2,13,15). The number of nitrogens with zero attached hydrogens (tertiary/aromatic N) is 1. The first kappa shape index (κ1) is 14.6. The Balaban J connectivity index is 2.24. The topological polar surface area (TPSA) is 70.6 Å². The third-order valence-corrected chi connectivity index (χ3v) is 5.29. The average Bonchev–Trinajstić information content (AvgIpc) is 2.26. The highest BCUT2D eigenvalue weighted by atomic mass is 32.2. The number of nitrogens with two attached hydrogens (primary N) is 1. The van der Waals surface area contributed by atoms with E-state index in [1.54, 1.807) is 0 Å². The highest BCUT2D eigenvalue weighted by molar-refractivity contribution is 8.00. The van der Waals surface area contributed by atoms with E-state index in [-0.39, 0.29) is 5.41 Å². The van der Waals surface area contributed by atoms with Crippen LogP contribution in [0.5, 0.6) is 0 Å². The van der Waals surface area contributed by atoms with Crippen LogP contribution in [-0.2, 0) is 0 Å². The van der Waals surface area contributed by atoms with Crippen LogP contribution in [0.15, 0.2) is 5.16 Å². The van der Waals surface area contributed by atoms with E-state index in [4.69, 9.17) is 10.9 Å². The molecule has 0 unspecified atom stereocenters. The Kier molecular flexibility index (Phi) is 5.13. The van der Waals surface area contributed by atoms with Crippen molar-refractivity contribution in [2.45, 2.75) is 44.3 Å². The zero-order chi connectivity index (χ0) is 12.9. The summed E-state index contributed by atoms with van der Waals surface area (Å²) in [6.45, 7) is 5.97. The Morgan fingerprint density at radius 1 is 1.53 bits per heavy atom. The summed E-state index contributed by atoms with van der Waals surface area (Å²) in [5.74, 6) is 0.308. The van der Waals surface area contributed by atoms with E-state index >= 15 is 0 Å². The first-order valence-electron chi connectivity index (χ1n) is 6.20. The van der Waals surface area contributed by atoms with E-state index in [2.05, 4.69) is 16.7 Å². The van der Waals surface area contributed by atoms with Gasteiger partial charge in [-0.2, -0.15) is 11.8 Å². The first-order chi connectivity index (χ1) is 7.96. The summed E-state index contributed by atoms with van der Waals surface area (Å²) in [5.41, 5.74) is 5.41. The van der Waals surface area contributed by atoms with Gasteiger partial charge in [-0.15, -0.1) is 0 Å². The van der Waals surface area contributed by atoms with Crippen LogP contribution >= 0.6 is 11.8 Å². The molecular weight excluding hydrogens is 234 g/mol. The Morgan fingerprint density at radius 3 is 2.59 bits per heavy atom. The van der Waals surface area contributed by atoms with Crippen molar-refractivity contribution in [1.29, 1.82) is 0 Å². The zero-order valence-corrected chi connectivity index (χ0v) is 11.9. The SMILES string of the molecule is CSC1(CNCCC(C)(C)C(N)=NO)CCC1. The molecule has 0 radical (unpaired) electrons. The number of rotatable bonds is 7. The van der Waals surface area contributed by atoms with Crippen molar-refractivity contribution in [3.05, 3.63) is 0 Å². The van der Waals surface area contributed by atoms with Gasteiger partial charge in [0, 0.05) is 16.7 Å². The van der Waals surface area contributed by atoms with Crippen molar-refractivity contribution in [3.63, 3.8) is 0 Å². The van der Waals surface area contributed by atoms with Crippen LogP contribution in [0, 0.1) is 5.41 Å². The number of hydrogen-bond donors (Lipinski definition) is 3. The average molecular weight is 259 g/mol. The Labute approximate surface area is 108 Å². The zero-order valence-electron chi connectivity index (χ0n) is 11.1. The van der Waals surface area contributed by atoms with Crippen LogP contribution in [0.4, 0.5) is 0 Å². The van der Waals surface area contributed by atoms with Crippen LogP contribution in [0.2, 0.25) is 0 Å². The van der Waals surface area contributed by atoms with Crippen LogP contribution < -0.4 is 11.1 Å². The molecule has 0 aliphatic heterocycles. The highest BCUT2D eigenvalue weighted by Gasteiger charge is 2.35. The monoisotopic (exact) mass is 259 g/mol. The summed E-state index contributed by atoms with van der Waals surface area (Å²) >= 11 is 1.98. The molecule has 4 N–H and O–H groups in total. The molecule has 1 saturated carbocycles. The molecule has 0 bridgehead atoms. The van der Waals surface area contributed by atoms with Gasteiger partial charge in [0.25, 0.3) is 0 Å². The van der Waals surface area contributed by atoms with Gasteiger partial charge in [-0.1, -0.05) is 25.4 Å². The Morgan fingerprint density at radius 2 is 2.18 bits per heavy atom. The molecular formula is C12H25N3OS. The molecule has 0 saturated heterocycles. The molecule has 0 atom stereocenters. The van der Waals surface area contributed by atoms with Crippen molar-refractivity contribution in [1.82, 2.24) is 5.32 Å². The van der Waals surface area contributed by atoms with Gasteiger partial charge in [0.05, 0.1) is 0 Å². The largest absolute Gasteiger partial charge is 0.409 e. The van der Waals surface area contributed by atoms with E-state index in [9.17, 15) is 0 Å². The minimum Gasteiger partial charge on any atom is -0.409 e. The number of thioether (sulfide) groups is 1. The lowest BCUT2D eigenvalue weighted by molar-refractivity contribution is 0.302. The fourth-order valence-corrected chi connectivity index (χ4v) is 2.95. The van der Waals surface area contributed by atoms with Crippen molar-refractivity contribution < 1.29 is 5.21 Å². The van der Waals surface area contributed by atoms with Crippen LogP contribution in [-0.4, -0.2) is 35.1 Å². The van der Waals surface area contributed by atoms with Crippen molar-refractivity contribution in [2.75, 3.05) is 19.3 Å². The molecule has 0 aromatic rings. The molecule has 17 heavy (non-hydrogen) atoms. The van der Waals surface area contributed by atoms with Crippen molar-refractivity contribution in [2.24, 2.45) is 16.3 Å². The van der Waals surface area contributed by atoms with Crippen LogP contribution in [0.3, 0.4) is 0 Å². The lowest BCUT2D eigenvalue weighted by Crippen LogP contribution is -2.44. The van der Waals surface area contributed by atoms with Gasteiger partial charge < -0.3 is 16.3 Å². The molecule has 0 spiro atoms. The van der Waals surface area contributed by atoms with Crippen LogP contribution in [0.25, 0.3) is 0 Å². The summed E-state index contributed by atoms with van der Waals surface area (Å²) < 4.78 is 0.473. The van der Waals surface area contributed by atoms with Gasteiger partial charge >= 0.3 is 0 Å². The summed E-state index contributed by atoms with van der Waals surface area (Å²) in [6.07, 6.45) is 7.09. The summed E-state index contributed by atoms with van der Waals surface area (Å²) in [6, 6.07) is 0. The predicted molar refractivity (Wildman–Crippen MR) is 74.8 cm³/mol. The van der Waals surface area contributed by atoms with Gasteiger partial charge in [0.15, 0.2) is 0 Å². The second kappa shape index (κ2) is 5.96. The summed E-state index contributed by atoms with van der Waals surface area (Å²) in [4.78, 5) is 0. The normalized spacial score (nSPS) is 20.1.